The molecule has 8 nitrogen and oxygen atoms in total. The van der Waals surface area contributed by atoms with Gasteiger partial charge in [-0.3, -0.25) is 14.4 Å². The fraction of sp³-hybridized carbons (Fsp3) is 0.786. The van der Waals surface area contributed by atoms with Crippen LogP contribution in [0.4, 0.5) is 0 Å². The first-order valence-corrected chi connectivity index (χ1v) is 7.20. The van der Waals surface area contributed by atoms with E-state index in [2.05, 4.69) is 4.74 Å². The van der Waals surface area contributed by atoms with E-state index in [1.54, 1.807) is 0 Å². The van der Waals surface area contributed by atoms with Crippen LogP contribution in [0.5, 0.6) is 0 Å². The zero-order chi connectivity index (χ0) is 16.9. The van der Waals surface area contributed by atoms with Gasteiger partial charge in [0.1, 0.15) is 6.10 Å². The number of hydrogen-bond acceptors (Lipinski definition) is 4. The van der Waals surface area contributed by atoms with Crippen LogP contribution >= 0.6 is 0 Å². The summed E-state index contributed by atoms with van der Waals surface area (Å²) in [5, 5.41) is 17.4. The molecular formula is C14H22N2O6Pt. The molecule has 9 heteroatoms. The van der Waals surface area contributed by atoms with Crippen molar-refractivity contribution in [1.82, 2.24) is 0 Å². The molecule has 0 saturated heterocycles. The number of carboxylic acids is 2. The molecule has 2 rings (SSSR count). The van der Waals surface area contributed by atoms with Crippen LogP contribution in [0, 0.1) is 17.3 Å². The second kappa shape index (κ2) is 9.35. The second-order valence-electron chi connectivity index (χ2n) is 5.84. The molecule has 0 spiro atoms. The van der Waals surface area contributed by atoms with Crippen LogP contribution < -0.4 is 0 Å². The summed E-state index contributed by atoms with van der Waals surface area (Å²) >= 11 is 0. The Balaban J connectivity index is 0.000000460. The van der Waals surface area contributed by atoms with Crippen LogP contribution in [0.2, 0.25) is 0 Å². The first kappa shape index (κ1) is 22.0. The molecule has 23 heavy (non-hydrogen) atoms. The van der Waals surface area contributed by atoms with E-state index in [1.165, 1.54) is 19.8 Å². The van der Waals surface area contributed by atoms with E-state index in [4.69, 9.17) is 21.7 Å². The maximum atomic E-state index is 10.7. The van der Waals surface area contributed by atoms with Gasteiger partial charge in [0.2, 0.25) is 0 Å². The van der Waals surface area contributed by atoms with Crippen molar-refractivity contribution in [1.29, 1.82) is 0 Å². The van der Waals surface area contributed by atoms with Gasteiger partial charge in [0.05, 0.1) is 0 Å². The molecule has 0 aromatic heterocycles. The van der Waals surface area contributed by atoms with Gasteiger partial charge in [-0.1, -0.05) is 24.7 Å². The quantitative estimate of drug-likeness (QED) is 0.428. The Morgan fingerprint density at radius 3 is 1.65 bits per heavy atom. The molecule has 2 aliphatic rings. The van der Waals surface area contributed by atoms with E-state index in [-0.39, 0.29) is 33.9 Å². The molecule has 2 saturated carbocycles. The van der Waals surface area contributed by atoms with Gasteiger partial charge in [-0.15, -0.1) is 13.1 Å². The Kier molecular flexibility index (Phi) is 8.95. The molecule has 0 amide bonds. The van der Waals surface area contributed by atoms with E-state index in [0.29, 0.717) is 24.9 Å². The van der Waals surface area contributed by atoms with Crippen LogP contribution in [0.15, 0.2) is 0 Å². The molecule has 134 valence electrons. The number of nitrogens with one attached hydrogen (secondary N) is 2. The van der Waals surface area contributed by atoms with Crippen molar-refractivity contribution in [3.8, 4) is 0 Å². The van der Waals surface area contributed by atoms with Crippen molar-refractivity contribution in [3.63, 3.8) is 0 Å². The molecule has 2 aliphatic carbocycles. The van der Waals surface area contributed by atoms with Crippen LogP contribution in [0.25, 0.3) is 11.5 Å². The van der Waals surface area contributed by atoms with Crippen molar-refractivity contribution < 1.29 is 50.4 Å². The summed E-state index contributed by atoms with van der Waals surface area (Å²) in [4.78, 5) is 31.8. The molecule has 0 radical (unpaired) electrons. The summed E-state index contributed by atoms with van der Waals surface area (Å²) in [7, 11) is 0. The minimum atomic E-state index is -1.76. The van der Waals surface area contributed by atoms with Gasteiger partial charge >= 0.3 is 39.0 Å². The number of esters is 1. The number of aliphatic carboxylic acids is 2. The van der Waals surface area contributed by atoms with Gasteiger partial charge < -0.3 is 26.4 Å². The molecule has 2 fully saturated rings. The van der Waals surface area contributed by atoms with E-state index in [1.807, 2.05) is 0 Å². The topological polar surface area (TPSA) is 149 Å². The van der Waals surface area contributed by atoms with Crippen molar-refractivity contribution >= 4 is 17.9 Å². The standard InChI is InChI=1S/C8H10O6.C6H12N2.Pt/c1-4(9)14-5-2-8(3-5,6(10)11)7(12)13;7-3-5-1-2-6(5)4-8;/h5H,2-3H2,1H3,(H,10,11)(H,12,13);5-8H,1-4H2;/q;-2;+2. The van der Waals surface area contributed by atoms with Crippen molar-refractivity contribution in [3.05, 3.63) is 11.5 Å². The normalized spacial score (nSPS) is 24.7. The number of carbonyl (C=O) groups is 3. The molecular weight excluding hydrogens is 487 g/mol. The summed E-state index contributed by atoms with van der Waals surface area (Å²) in [6.45, 7) is 2.29. The summed E-state index contributed by atoms with van der Waals surface area (Å²) in [6.07, 6.45) is 1.51. The Morgan fingerprint density at radius 1 is 1.04 bits per heavy atom. The predicted octanol–water partition coefficient (Wildman–Crippen LogP) is 1.98. The first-order valence-electron chi connectivity index (χ1n) is 7.20. The molecule has 0 bridgehead atoms. The van der Waals surface area contributed by atoms with Crippen LogP contribution in [0.3, 0.4) is 0 Å². The molecule has 2 atom stereocenters. The summed E-state index contributed by atoms with van der Waals surface area (Å²) in [5.74, 6) is -2.14. The zero-order valence-electron chi connectivity index (χ0n) is 12.8. The van der Waals surface area contributed by atoms with Crippen LogP contribution in [-0.2, 0) is 40.2 Å². The smallest absolute Gasteiger partial charge is 0.677 e. The summed E-state index contributed by atoms with van der Waals surface area (Å²) < 4.78 is 4.68. The Labute approximate surface area is 149 Å². The van der Waals surface area contributed by atoms with Gasteiger partial charge in [0, 0.05) is 19.8 Å². The average molecular weight is 509 g/mol. The molecule has 0 aromatic carbocycles. The molecule has 0 aromatic rings. The number of carbonyl (C=O) groups excluding carboxylic acids is 1. The van der Waals surface area contributed by atoms with Gasteiger partial charge in [0.15, 0.2) is 5.41 Å². The fourth-order valence-corrected chi connectivity index (χ4v) is 2.65. The minimum absolute atomic E-state index is 0. The van der Waals surface area contributed by atoms with E-state index >= 15 is 0 Å². The Bertz CT molecular complexity index is 409. The van der Waals surface area contributed by atoms with Gasteiger partial charge in [-0.2, -0.15) is 0 Å². The van der Waals surface area contributed by atoms with Crippen LogP contribution in [0.1, 0.15) is 32.6 Å². The summed E-state index contributed by atoms with van der Waals surface area (Å²) in [5.41, 5.74) is 12.3. The third-order valence-electron chi connectivity index (χ3n) is 4.40. The van der Waals surface area contributed by atoms with Crippen molar-refractivity contribution in [2.24, 2.45) is 17.3 Å². The molecule has 2 unspecified atom stereocenters. The largest absolute Gasteiger partial charge is 2.00 e. The Morgan fingerprint density at radius 2 is 1.43 bits per heavy atom. The Hall–Kier alpha value is -0.982. The van der Waals surface area contributed by atoms with E-state index < -0.39 is 29.4 Å². The van der Waals surface area contributed by atoms with Gasteiger partial charge in [-0.25, -0.2) is 0 Å². The van der Waals surface area contributed by atoms with E-state index in [9.17, 15) is 14.4 Å². The number of hydrogen-bond donors (Lipinski definition) is 2. The zero-order valence-corrected chi connectivity index (χ0v) is 15.1. The molecule has 0 aliphatic heterocycles. The predicted molar refractivity (Wildman–Crippen MR) is 77.1 cm³/mol. The SMILES string of the molecule is CC(=O)OC1CC(C(=O)O)(C(=O)O)C1.[NH-]CC1CCC1C[NH-].[Pt+2]. The van der Waals surface area contributed by atoms with Gasteiger partial charge in [-0.05, 0) is 0 Å². The third-order valence-corrected chi connectivity index (χ3v) is 4.40. The average Bonchev–Trinajstić information content (AvgIpc) is 2.32. The van der Waals surface area contributed by atoms with Crippen LogP contribution in [-0.4, -0.2) is 47.3 Å². The summed E-state index contributed by atoms with van der Waals surface area (Å²) in [6, 6.07) is 0. The molecule has 4 N–H and O–H groups in total. The van der Waals surface area contributed by atoms with Gasteiger partial charge in [0.25, 0.3) is 0 Å². The monoisotopic (exact) mass is 509 g/mol. The maximum Gasteiger partial charge on any atom is 2.00 e. The fourth-order valence-electron chi connectivity index (χ4n) is 2.65. The van der Waals surface area contributed by atoms with Crippen molar-refractivity contribution in [2.45, 2.75) is 38.7 Å². The number of carboxylic acid groups (broad SMARTS) is 2. The van der Waals surface area contributed by atoms with E-state index in [0.717, 1.165) is 0 Å². The first-order chi connectivity index (χ1) is 10.3. The van der Waals surface area contributed by atoms with Crippen molar-refractivity contribution in [2.75, 3.05) is 13.1 Å². The number of rotatable bonds is 5. The second-order valence-corrected chi connectivity index (χ2v) is 5.84. The maximum absolute atomic E-state index is 10.7. The number of ether oxygens (including phenoxy) is 1. The molecule has 0 heterocycles. The third kappa shape index (κ3) is 5.26. The minimum Gasteiger partial charge on any atom is -0.677 e.